The lowest BCUT2D eigenvalue weighted by Crippen LogP contribution is -2.70. The third-order valence-corrected chi connectivity index (χ3v) is 4.66. The number of aliphatic hydroxyl groups is 1. The van der Waals surface area contributed by atoms with Gasteiger partial charge < -0.3 is 38.3 Å². The van der Waals surface area contributed by atoms with Gasteiger partial charge in [-0.3, -0.25) is 19.2 Å². The van der Waals surface area contributed by atoms with Gasteiger partial charge in [0.15, 0.2) is 18.5 Å². The first-order valence-electron chi connectivity index (χ1n) is 10.7. The van der Waals surface area contributed by atoms with Crippen LogP contribution in [0.5, 0.6) is 0 Å². The number of rotatable bonds is 14. The highest BCUT2D eigenvalue weighted by Gasteiger charge is 2.62. The maximum Gasteiger partial charge on any atom is 0.303 e. The highest BCUT2D eigenvalue weighted by molar-refractivity contribution is 5.69. The van der Waals surface area contributed by atoms with Gasteiger partial charge in [-0.2, -0.15) is 0 Å². The zero-order valence-corrected chi connectivity index (χ0v) is 20.0. The molecule has 1 unspecified atom stereocenters. The van der Waals surface area contributed by atoms with Crippen LogP contribution in [0.3, 0.4) is 0 Å². The molecule has 1 heterocycles. The smallest absolute Gasteiger partial charge is 0.303 e. The van der Waals surface area contributed by atoms with Gasteiger partial charge in [0.05, 0.1) is 26.4 Å². The summed E-state index contributed by atoms with van der Waals surface area (Å²) in [6.45, 7) is 4.44. The van der Waals surface area contributed by atoms with Gasteiger partial charge in [0.1, 0.15) is 12.7 Å². The van der Waals surface area contributed by atoms with Crippen molar-refractivity contribution in [1.82, 2.24) is 0 Å². The molecule has 1 aliphatic rings. The molecule has 1 rings (SSSR count). The Morgan fingerprint density at radius 1 is 0.943 bits per heavy atom. The van der Waals surface area contributed by atoms with Crippen LogP contribution in [0.4, 0.5) is 0 Å². The zero-order valence-electron chi connectivity index (χ0n) is 20.0. The number of aliphatic hydroxyl groups excluding tert-OH is 1. The summed E-state index contributed by atoms with van der Waals surface area (Å²) in [4.78, 5) is 49.6. The molecule has 1 aliphatic heterocycles. The van der Waals surface area contributed by atoms with E-state index in [0.29, 0.717) is 0 Å². The van der Waals surface area contributed by atoms with Crippen LogP contribution in [0.15, 0.2) is 5.11 Å². The number of esters is 4. The van der Waals surface area contributed by atoms with Gasteiger partial charge in [-0.05, 0) is 5.53 Å². The second-order valence-corrected chi connectivity index (χ2v) is 7.41. The first-order chi connectivity index (χ1) is 16.5. The lowest BCUT2D eigenvalue weighted by atomic mass is 9.83. The average Bonchev–Trinajstić information content (AvgIpc) is 2.75. The molecule has 15 heteroatoms. The van der Waals surface area contributed by atoms with Gasteiger partial charge in [-0.1, -0.05) is 5.11 Å². The molecular formula is C20H31N3O12. The summed E-state index contributed by atoms with van der Waals surface area (Å²) < 4.78 is 37.2. The van der Waals surface area contributed by atoms with Gasteiger partial charge in [0.25, 0.3) is 0 Å². The molecule has 0 aromatic carbocycles. The van der Waals surface area contributed by atoms with Crippen molar-refractivity contribution in [1.29, 1.82) is 0 Å². The largest absolute Gasteiger partial charge is 0.463 e. The zero-order chi connectivity index (χ0) is 26.4. The second kappa shape index (κ2) is 15.1. The van der Waals surface area contributed by atoms with Crippen LogP contribution in [0.2, 0.25) is 0 Å². The Kier molecular flexibility index (Phi) is 13.0. The minimum absolute atomic E-state index is 0.101. The van der Waals surface area contributed by atoms with E-state index >= 15 is 0 Å². The molecule has 15 nitrogen and oxygen atoms in total. The molecule has 0 aromatic rings. The quantitative estimate of drug-likeness (QED) is 0.0838. The molecule has 0 spiro atoms. The summed E-state index contributed by atoms with van der Waals surface area (Å²) in [7, 11) is 0. The molecule has 198 valence electrons. The van der Waals surface area contributed by atoms with E-state index in [1.165, 1.54) is 0 Å². The molecule has 35 heavy (non-hydrogen) atoms. The Labute approximate surface area is 201 Å². The van der Waals surface area contributed by atoms with Crippen LogP contribution in [0, 0.1) is 0 Å². The maximum absolute atomic E-state index is 12.0. The lowest BCUT2D eigenvalue weighted by molar-refractivity contribution is -0.337. The molecule has 1 fully saturated rings. The highest BCUT2D eigenvalue weighted by Crippen LogP contribution is 2.39. The Bertz CT molecular complexity index is 787. The first-order valence-corrected chi connectivity index (χ1v) is 10.7. The normalized spacial score (nSPS) is 25.6. The number of carbonyl (C=O) groups excluding carboxylic acids is 4. The van der Waals surface area contributed by atoms with E-state index in [1.54, 1.807) is 0 Å². The van der Waals surface area contributed by atoms with Crippen molar-refractivity contribution in [2.75, 3.05) is 39.6 Å². The van der Waals surface area contributed by atoms with E-state index in [2.05, 4.69) is 10.0 Å². The van der Waals surface area contributed by atoms with E-state index in [-0.39, 0.29) is 39.4 Å². The van der Waals surface area contributed by atoms with Gasteiger partial charge >= 0.3 is 23.9 Å². The minimum Gasteiger partial charge on any atom is -0.463 e. The van der Waals surface area contributed by atoms with Crippen molar-refractivity contribution in [3.63, 3.8) is 0 Å². The van der Waals surface area contributed by atoms with Crippen molar-refractivity contribution < 1.29 is 57.4 Å². The van der Waals surface area contributed by atoms with Crippen molar-refractivity contribution in [2.45, 2.75) is 64.3 Å². The molecule has 0 saturated carbocycles. The predicted octanol–water partition coefficient (Wildman–Crippen LogP) is 0.166. The number of hydrogen-bond donors (Lipinski definition) is 1. The Morgan fingerprint density at radius 3 is 2.11 bits per heavy atom. The van der Waals surface area contributed by atoms with Gasteiger partial charge in [-0.25, -0.2) is 0 Å². The fourth-order valence-electron chi connectivity index (χ4n) is 3.38. The fourth-order valence-corrected chi connectivity index (χ4v) is 3.38. The predicted molar refractivity (Wildman–Crippen MR) is 113 cm³/mol. The Morgan fingerprint density at radius 2 is 1.57 bits per heavy atom. The SMILES string of the molecule is CC(=O)OC[C@H]1OC(O)[C@](CCOCCOCCN=[N+]=[N-])(OC(C)=O)[C@@H](OC(C)=O)[C@H]1OC(C)=O. The van der Waals surface area contributed by atoms with Gasteiger partial charge in [0.2, 0.25) is 5.60 Å². The lowest BCUT2D eigenvalue weighted by Gasteiger charge is -2.50. The monoisotopic (exact) mass is 505 g/mol. The van der Waals surface area contributed by atoms with Crippen LogP contribution < -0.4 is 0 Å². The highest BCUT2D eigenvalue weighted by atomic mass is 16.7. The van der Waals surface area contributed by atoms with Crippen molar-refractivity contribution in [3.05, 3.63) is 10.4 Å². The van der Waals surface area contributed by atoms with E-state index in [0.717, 1.165) is 27.7 Å². The minimum atomic E-state index is -2.02. The summed E-state index contributed by atoms with van der Waals surface area (Å²) in [5.74, 6) is -3.11. The van der Waals surface area contributed by atoms with Crippen LogP contribution in [-0.4, -0.2) is 98.8 Å². The Hall–Kier alpha value is -2.97. The topological polar surface area (TPSA) is 202 Å². The molecule has 0 radical (unpaired) electrons. The maximum atomic E-state index is 12.0. The molecule has 0 aromatic heterocycles. The first kappa shape index (κ1) is 30.1. The molecule has 5 atom stereocenters. The number of hydrogen-bond acceptors (Lipinski definition) is 13. The summed E-state index contributed by atoms with van der Waals surface area (Å²) in [5, 5.41) is 14.2. The third-order valence-electron chi connectivity index (χ3n) is 4.66. The standard InChI is InChI=1S/C20H31N3O12/c1-12(24)31-11-16-17(32-13(2)25)18(33-14(3)26)20(19(28)34-16,35-15(4)27)5-7-29-9-10-30-8-6-22-23-21/h16-19,28H,5-11H2,1-4H3/t16-,17+,18+,19?,20-/m1/s1. The van der Waals surface area contributed by atoms with E-state index < -0.39 is 60.7 Å². The molecule has 1 N–H and O–H groups in total. The molecule has 0 aliphatic carbocycles. The molecule has 0 bridgehead atoms. The van der Waals surface area contributed by atoms with Crippen LogP contribution in [0.1, 0.15) is 34.1 Å². The fraction of sp³-hybridized carbons (Fsp3) is 0.800. The second-order valence-electron chi connectivity index (χ2n) is 7.41. The van der Waals surface area contributed by atoms with Gasteiger partial charge in [0, 0.05) is 45.6 Å². The van der Waals surface area contributed by atoms with E-state index in [4.69, 9.17) is 38.7 Å². The summed E-state index contributed by atoms with van der Waals surface area (Å²) in [5.41, 5.74) is 6.19. The summed E-state index contributed by atoms with van der Waals surface area (Å²) in [6.07, 6.45) is -6.27. The molecule has 1 saturated heterocycles. The average molecular weight is 505 g/mol. The van der Waals surface area contributed by atoms with Crippen LogP contribution in [0.25, 0.3) is 10.4 Å². The van der Waals surface area contributed by atoms with Crippen LogP contribution >= 0.6 is 0 Å². The van der Waals surface area contributed by atoms with Gasteiger partial charge in [-0.15, -0.1) is 0 Å². The van der Waals surface area contributed by atoms with E-state index in [1.807, 2.05) is 0 Å². The van der Waals surface area contributed by atoms with Crippen molar-refractivity contribution >= 4 is 23.9 Å². The number of ether oxygens (including phenoxy) is 7. The molecular weight excluding hydrogens is 474 g/mol. The number of carbonyl (C=O) groups is 4. The summed E-state index contributed by atoms with van der Waals surface area (Å²) in [6, 6.07) is 0. The number of nitrogens with zero attached hydrogens (tertiary/aromatic N) is 3. The van der Waals surface area contributed by atoms with Crippen molar-refractivity contribution in [2.24, 2.45) is 5.11 Å². The van der Waals surface area contributed by atoms with E-state index in [9.17, 15) is 24.3 Å². The number of azide groups is 1. The summed E-state index contributed by atoms with van der Waals surface area (Å²) >= 11 is 0. The van der Waals surface area contributed by atoms with Crippen LogP contribution in [-0.2, 0) is 52.3 Å². The third kappa shape index (κ3) is 10.0. The molecule has 0 amide bonds. The Balaban J connectivity index is 3.11. The van der Waals surface area contributed by atoms with Crippen molar-refractivity contribution in [3.8, 4) is 0 Å².